The van der Waals surface area contributed by atoms with Crippen molar-refractivity contribution in [3.05, 3.63) is 28.2 Å². The molecule has 132 valence electrons. The molecule has 0 radical (unpaired) electrons. The minimum atomic E-state index is -0.528. The molecule has 1 saturated heterocycles. The highest BCUT2D eigenvalue weighted by atomic mass is 79.9. The number of rotatable bonds is 5. The zero-order chi connectivity index (χ0) is 17.7. The van der Waals surface area contributed by atoms with Crippen molar-refractivity contribution < 1.29 is 14.3 Å². The summed E-state index contributed by atoms with van der Waals surface area (Å²) in [6, 6.07) is 5.21. The van der Waals surface area contributed by atoms with Gasteiger partial charge < -0.3 is 15.0 Å². The Morgan fingerprint density at radius 2 is 1.96 bits per heavy atom. The highest BCUT2D eigenvalue weighted by molar-refractivity contribution is 9.10. The molecular formula is C17H24BrN3O3. The molecule has 1 fully saturated rings. The van der Waals surface area contributed by atoms with Crippen LogP contribution in [-0.4, -0.2) is 68.1 Å². The van der Waals surface area contributed by atoms with Crippen molar-refractivity contribution in [1.29, 1.82) is 0 Å². The monoisotopic (exact) mass is 397 g/mol. The molecule has 0 spiro atoms. The lowest BCUT2D eigenvalue weighted by atomic mass is 10.1. The molecule has 0 saturated carbocycles. The Bertz CT molecular complexity index is 601. The number of amides is 1. The summed E-state index contributed by atoms with van der Waals surface area (Å²) in [6.07, 6.45) is 0.0511. The lowest BCUT2D eigenvalue weighted by Crippen LogP contribution is -2.53. The van der Waals surface area contributed by atoms with E-state index in [4.69, 9.17) is 4.74 Å². The van der Waals surface area contributed by atoms with Crippen molar-refractivity contribution in [3.8, 4) is 0 Å². The van der Waals surface area contributed by atoms with Crippen LogP contribution in [0.2, 0.25) is 0 Å². The Labute approximate surface area is 151 Å². The summed E-state index contributed by atoms with van der Waals surface area (Å²) in [6.45, 7) is 5.24. The second kappa shape index (κ2) is 8.60. The van der Waals surface area contributed by atoms with E-state index in [-0.39, 0.29) is 18.3 Å². The van der Waals surface area contributed by atoms with Crippen molar-refractivity contribution in [2.45, 2.75) is 19.4 Å². The first-order valence-electron chi connectivity index (χ1n) is 7.97. The van der Waals surface area contributed by atoms with Gasteiger partial charge in [-0.05, 0) is 47.6 Å². The van der Waals surface area contributed by atoms with Gasteiger partial charge in [-0.1, -0.05) is 6.07 Å². The van der Waals surface area contributed by atoms with Gasteiger partial charge in [-0.25, -0.2) is 0 Å². The van der Waals surface area contributed by atoms with Gasteiger partial charge in [0, 0.05) is 30.7 Å². The number of ether oxygens (including phenoxy) is 1. The van der Waals surface area contributed by atoms with Crippen molar-refractivity contribution in [1.82, 2.24) is 9.80 Å². The van der Waals surface area contributed by atoms with E-state index in [1.165, 1.54) is 7.11 Å². The fourth-order valence-electron chi connectivity index (χ4n) is 2.70. The largest absolute Gasteiger partial charge is 0.469 e. The quantitative estimate of drug-likeness (QED) is 0.768. The van der Waals surface area contributed by atoms with Gasteiger partial charge in [0.1, 0.15) is 6.04 Å². The number of aryl methyl sites for hydroxylation is 1. The maximum absolute atomic E-state index is 12.8. The average molecular weight is 398 g/mol. The topological polar surface area (TPSA) is 61.9 Å². The van der Waals surface area contributed by atoms with Crippen molar-refractivity contribution in [3.63, 3.8) is 0 Å². The van der Waals surface area contributed by atoms with E-state index >= 15 is 0 Å². The number of nitrogens with zero attached hydrogens (tertiary/aromatic N) is 2. The third-order valence-corrected chi connectivity index (χ3v) is 4.91. The minimum absolute atomic E-state index is 0.0511. The first kappa shape index (κ1) is 18.9. The van der Waals surface area contributed by atoms with Crippen LogP contribution in [0.4, 0.5) is 5.69 Å². The molecule has 7 heteroatoms. The van der Waals surface area contributed by atoms with Crippen molar-refractivity contribution >= 4 is 33.5 Å². The summed E-state index contributed by atoms with van der Waals surface area (Å²) in [7, 11) is 3.40. The Kier molecular flexibility index (Phi) is 6.77. The molecule has 0 bridgehead atoms. The predicted octanol–water partition coefficient (Wildman–Crippen LogP) is 1.88. The molecule has 24 heavy (non-hydrogen) atoms. The molecular weight excluding hydrogens is 374 g/mol. The molecule has 1 aliphatic heterocycles. The van der Waals surface area contributed by atoms with Crippen LogP contribution in [0.3, 0.4) is 0 Å². The summed E-state index contributed by atoms with van der Waals surface area (Å²) in [5.41, 5.74) is 1.81. The normalized spacial score (nSPS) is 17.3. The van der Waals surface area contributed by atoms with E-state index in [1.54, 1.807) is 0 Å². The number of carbonyl (C=O) groups is 2. The van der Waals surface area contributed by atoms with Crippen LogP contribution in [0.15, 0.2) is 22.7 Å². The van der Waals surface area contributed by atoms with Gasteiger partial charge in [-0.3, -0.25) is 14.5 Å². The summed E-state index contributed by atoms with van der Waals surface area (Å²) in [4.78, 5) is 28.8. The standard InChI is InChI=1S/C17H24BrN3O3/c1-12-4-5-14(13(18)10-12)19-17(23)15(11-16(22)24-3)21-8-6-20(2)7-9-21/h4-5,10,15H,6-9,11H2,1-3H3,(H,19,23). The number of benzene rings is 1. The Hall–Kier alpha value is -1.44. The highest BCUT2D eigenvalue weighted by Gasteiger charge is 2.31. The van der Waals surface area contributed by atoms with Gasteiger partial charge in [0.25, 0.3) is 0 Å². The zero-order valence-electron chi connectivity index (χ0n) is 14.3. The summed E-state index contributed by atoms with van der Waals surface area (Å²) >= 11 is 3.47. The molecule has 1 unspecified atom stereocenters. The van der Waals surface area contributed by atoms with Crippen molar-refractivity contribution in [2.24, 2.45) is 0 Å². The summed E-state index contributed by atoms with van der Waals surface area (Å²) in [5.74, 6) is -0.563. The van der Waals surface area contributed by atoms with E-state index in [1.807, 2.05) is 30.0 Å². The van der Waals surface area contributed by atoms with Gasteiger partial charge in [0.2, 0.25) is 5.91 Å². The molecule has 1 N–H and O–H groups in total. The Balaban J connectivity index is 2.12. The van der Waals surface area contributed by atoms with Crippen LogP contribution in [0.1, 0.15) is 12.0 Å². The number of likely N-dealkylation sites (N-methyl/N-ethyl adjacent to an activating group) is 1. The first-order valence-corrected chi connectivity index (χ1v) is 8.76. The lowest BCUT2D eigenvalue weighted by Gasteiger charge is -2.36. The van der Waals surface area contributed by atoms with Gasteiger partial charge in [0.15, 0.2) is 0 Å². The van der Waals surface area contributed by atoms with Crippen LogP contribution >= 0.6 is 15.9 Å². The van der Waals surface area contributed by atoms with Crippen LogP contribution < -0.4 is 5.32 Å². The molecule has 1 aliphatic rings. The SMILES string of the molecule is COC(=O)CC(C(=O)Nc1ccc(C)cc1Br)N1CCN(C)CC1. The summed E-state index contributed by atoms with van der Waals surface area (Å²) < 4.78 is 5.59. The maximum Gasteiger partial charge on any atom is 0.307 e. The smallest absolute Gasteiger partial charge is 0.307 e. The van der Waals surface area contributed by atoms with Crippen LogP contribution in [0.25, 0.3) is 0 Å². The number of hydrogen-bond donors (Lipinski definition) is 1. The molecule has 1 aromatic carbocycles. The number of anilines is 1. The highest BCUT2D eigenvalue weighted by Crippen LogP contribution is 2.24. The molecule has 0 aromatic heterocycles. The number of methoxy groups -OCH3 is 1. The van der Waals surface area contributed by atoms with Crippen molar-refractivity contribution in [2.75, 3.05) is 45.7 Å². The van der Waals surface area contributed by atoms with E-state index < -0.39 is 6.04 Å². The third kappa shape index (κ3) is 5.03. The summed E-state index contributed by atoms with van der Waals surface area (Å²) in [5, 5.41) is 2.93. The fraction of sp³-hybridized carbons (Fsp3) is 0.529. The second-order valence-electron chi connectivity index (χ2n) is 6.11. The maximum atomic E-state index is 12.8. The predicted molar refractivity (Wildman–Crippen MR) is 97.0 cm³/mol. The van der Waals surface area contributed by atoms with E-state index in [2.05, 4.69) is 33.2 Å². The van der Waals surface area contributed by atoms with E-state index in [9.17, 15) is 9.59 Å². The number of carbonyl (C=O) groups excluding carboxylic acids is 2. The van der Waals surface area contributed by atoms with Gasteiger partial charge >= 0.3 is 5.97 Å². The van der Waals surface area contributed by atoms with Crippen LogP contribution in [0, 0.1) is 6.92 Å². The number of esters is 1. The lowest BCUT2D eigenvalue weighted by molar-refractivity contribution is -0.144. The average Bonchev–Trinajstić information content (AvgIpc) is 2.55. The molecule has 1 atom stereocenters. The van der Waals surface area contributed by atoms with Gasteiger partial charge in [-0.2, -0.15) is 0 Å². The van der Waals surface area contributed by atoms with Crippen LogP contribution in [0.5, 0.6) is 0 Å². The number of piperazine rings is 1. The van der Waals surface area contributed by atoms with Gasteiger partial charge in [0.05, 0.1) is 19.2 Å². The number of hydrogen-bond acceptors (Lipinski definition) is 5. The third-order valence-electron chi connectivity index (χ3n) is 4.25. The zero-order valence-corrected chi connectivity index (χ0v) is 15.9. The molecule has 1 amide bonds. The second-order valence-corrected chi connectivity index (χ2v) is 6.96. The Morgan fingerprint density at radius 1 is 1.29 bits per heavy atom. The molecule has 6 nitrogen and oxygen atoms in total. The molecule has 0 aliphatic carbocycles. The van der Waals surface area contributed by atoms with E-state index in [0.29, 0.717) is 5.69 Å². The minimum Gasteiger partial charge on any atom is -0.469 e. The molecule has 1 heterocycles. The van der Waals surface area contributed by atoms with E-state index in [0.717, 1.165) is 36.2 Å². The van der Waals surface area contributed by atoms with Crippen LogP contribution in [-0.2, 0) is 14.3 Å². The first-order chi connectivity index (χ1) is 11.4. The molecule has 1 aromatic rings. The number of halogens is 1. The Morgan fingerprint density at radius 3 is 2.54 bits per heavy atom. The fourth-order valence-corrected chi connectivity index (χ4v) is 3.29. The number of nitrogens with one attached hydrogen (secondary N) is 1. The van der Waals surface area contributed by atoms with Gasteiger partial charge in [-0.15, -0.1) is 0 Å². The molecule has 2 rings (SSSR count).